The van der Waals surface area contributed by atoms with Crippen molar-refractivity contribution in [2.75, 3.05) is 0 Å². The number of nitrogens with one attached hydrogen (secondary N) is 1. The zero-order valence-electron chi connectivity index (χ0n) is 12.3. The Morgan fingerprint density at radius 2 is 1.76 bits per heavy atom. The van der Waals surface area contributed by atoms with E-state index < -0.39 is 0 Å². The fourth-order valence-electron chi connectivity index (χ4n) is 3.07. The predicted octanol–water partition coefficient (Wildman–Crippen LogP) is 4.90. The van der Waals surface area contributed by atoms with Crippen LogP contribution in [0.15, 0.2) is 0 Å². The summed E-state index contributed by atoms with van der Waals surface area (Å²) in [6.45, 7) is 7.08. The molecule has 3 atom stereocenters. The first-order chi connectivity index (χ1) is 8.24. The molecule has 1 aliphatic carbocycles. The average molecular weight is 239 g/mol. The second kappa shape index (κ2) is 8.97. The molecule has 102 valence electrons. The monoisotopic (exact) mass is 239 g/mol. The van der Waals surface area contributed by atoms with Crippen molar-refractivity contribution >= 4 is 0 Å². The van der Waals surface area contributed by atoms with Crippen LogP contribution in [-0.4, -0.2) is 12.1 Å². The van der Waals surface area contributed by atoms with Crippen molar-refractivity contribution in [1.82, 2.24) is 5.32 Å². The molecule has 17 heavy (non-hydrogen) atoms. The number of hydrogen-bond donors (Lipinski definition) is 1. The van der Waals surface area contributed by atoms with Crippen LogP contribution >= 0.6 is 0 Å². The molecule has 1 rings (SSSR count). The Morgan fingerprint density at radius 1 is 1.06 bits per heavy atom. The first-order valence-corrected chi connectivity index (χ1v) is 8.00. The van der Waals surface area contributed by atoms with Gasteiger partial charge in [-0.05, 0) is 32.1 Å². The molecular formula is C16H33N. The molecular weight excluding hydrogens is 206 g/mol. The summed E-state index contributed by atoms with van der Waals surface area (Å²) in [5.41, 5.74) is 0. The zero-order chi connectivity index (χ0) is 12.5. The Balaban J connectivity index is 2.05. The highest BCUT2D eigenvalue weighted by Gasteiger charge is 2.21. The van der Waals surface area contributed by atoms with Gasteiger partial charge in [-0.25, -0.2) is 0 Å². The zero-order valence-corrected chi connectivity index (χ0v) is 12.3. The molecule has 1 N–H and O–H groups in total. The summed E-state index contributed by atoms with van der Waals surface area (Å²) in [6, 6.07) is 1.52. The predicted molar refractivity (Wildman–Crippen MR) is 77.4 cm³/mol. The highest BCUT2D eigenvalue weighted by molar-refractivity contribution is 4.80. The van der Waals surface area contributed by atoms with Crippen molar-refractivity contribution in [3.63, 3.8) is 0 Å². The lowest BCUT2D eigenvalue weighted by Crippen LogP contribution is -2.42. The van der Waals surface area contributed by atoms with Gasteiger partial charge in [0.25, 0.3) is 0 Å². The van der Waals surface area contributed by atoms with E-state index in [0.29, 0.717) is 0 Å². The van der Waals surface area contributed by atoms with E-state index in [1.54, 1.807) is 0 Å². The third kappa shape index (κ3) is 6.45. The minimum Gasteiger partial charge on any atom is -0.311 e. The molecule has 0 saturated heterocycles. The first-order valence-electron chi connectivity index (χ1n) is 8.00. The molecule has 0 aromatic rings. The second-order valence-corrected chi connectivity index (χ2v) is 6.14. The van der Waals surface area contributed by atoms with E-state index in [-0.39, 0.29) is 0 Å². The van der Waals surface area contributed by atoms with Gasteiger partial charge in [-0.3, -0.25) is 0 Å². The Labute approximate surface area is 109 Å². The third-order valence-electron chi connectivity index (χ3n) is 4.35. The molecule has 0 spiro atoms. The second-order valence-electron chi connectivity index (χ2n) is 6.14. The summed E-state index contributed by atoms with van der Waals surface area (Å²) in [5.74, 6) is 0.895. The fourth-order valence-corrected chi connectivity index (χ4v) is 3.07. The molecule has 0 aliphatic heterocycles. The Hall–Kier alpha value is -0.0400. The van der Waals surface area contributed by atoms with Crippen molar-refractivity contribution < 1.29 is 0 Å². The minimum absolute atomic E-state index is 0.724. The van der Waals surface area contributed by atoms with Crippen LogP contribution < -0.4 is 5.32 Å². The lowest BCUT2D eigenvalue weighted by atomic mass is 9.85. The summed E-state index contributed by atoms with van der Waals surface area (Å²) in [6.07, 6.45) is 14.1. The van der Waals surface area contributed by atoms with Crippen LogP contribution in [0.25, 0.3) is 0 Å². The van der Waals surface area contributed by atoms with Gasteiger partial charge in [0.15, 0.2) is 0 Å². The van der Waals surface area contributed by atoms with Crippen LogP contribution in [0.2, 0.25) is 0 Å². The van der Waals surface area contributed by atoms with Crippen LogP contribution in [0.1, 0.15) is 85.0 Å². The van der Waals surface area contributed by atoms with E-state index >= 15 is 0 Å². The first kappa shape index (κ1) is 15.0. The maximum Gasteiger partial charge on any atom is 0.00951 e. The molecule has 0 heterocycles. The van der Waals surface area contributed by atoms with Crippen LogP contribution in [0.3, 0.4) is 0 Å². The summed E-state index contributed by atoms with van der Waals surface area (Å²) in [7, 11) is 0. The van der Waals surface area contributed by atoms with Crippen molar-refractivity contribution in [3.05, 3.63) is 0 Å². The van der Waals surface area contributed by atoms with Gasteiger partial charge in [0.1, 0.15) is 0 Å². The van der Waals surface area contributed by atoms with E-state index in [4.69, 9.17) is 0 Å². The molecule has 0 radical (unpaired) electrons. The minimum atomic E-state index is 0.724. The lowest BCUT2D eigenvalue weighted by Gasteiger charge is -2.32. The van der Waals surface area contributed by atoms with Gasteiger partial charge in [0, 0.05) is 12.1 Å². The van der Waals surface area contributed by atoms with Gasteiger partial charge in [0.05, 0.1) is 0 Å². The standard InChI is InChI=1S/C16H33N/c1-4-5-6-7-8-12-15(3)17-16-13-10-9-11-14(16)2/h14-17H,4-13H2,1-3H3. The lowest BCUT2D eigenvalue weighted by molar-refractivity contribution is 0.257. The molecule has 1 aliphatic rings. The normalized spacial score (nSPS) is 27.0. The molecule has 1 fully saturated rings. The van der Waals surface area contributed by atoms with Gasteiger partial charge in [0.2, 0.25) is 0 Å². The van der Waals surface area contributed by atoms with Gasteiger partial charge in [-0.2, -0.15) is 0 Å². The summed E-state index contributed by atoms with van der Waals surface area (Å²) in [4.78, 5) is 0. The van der Waals surface area contributed by atoms with Gasteiger partial charge in [-0.1, -0.05) is 58.8 Å². The number of rotatable bonds is 8. The number of unbranched alkanes of at least 4 members (excludes halogenated alkanes) is 4. The van der Waals surface area contributed by atoms with Crippen molar-refractivity contribution in [1.29, 1.82) is 0 Å². The highest BCUT2D eigenvalue weighted by atomic mass is 14.9. The van der Waals surface area contributed by atoms with Gasteiger partial charge in [-0.15, -0.1) is 0 Å². The van der Waals surface area contributed by atoms with Crippen molar-refractivity contribution in [2.24, 2.45) is 5.92 Å². The Morgan fingerprint density at radius 3 is 2.47 bits per heavy atom. The van der Waals surface area contributed by atoms with Crippen molar-refractivity contribution in [2.45, 2.75) is 97.1 Å². The fraction of sp³-hybridized carbons (Fsp3) is 1.00. The molecule has 1 heteroatoms. The van der Waals surface area contributed by atoms with Crippen LogP contribution in [0.5, 0.6) is 0 Å². The van der Waals surface area contributed by atoms with Crippen molar-refractivity contribution in [3.8, 4) is 0 Å². The van der Waals surface area contributed by atoms with Crippen LogP contribution in [0.4, 0.5) is 0 Å². The van der Waals surface area contributed by atoms with E-state index in [1.165, 1.54) is 64.2 Å². The van der Waals surface area contributed by atoms with Crippen LogP contribution in [-0.2, 0) is 0 Å². The highest BCUT2D eigenvalue weighted by Crippen LogP contribution is 2.24. The maximum atomic E-state index is 3.86. The van der Waals surface area contributed by atoms with E-state index in [9.17, 15) is 0 Å². The average Bonchev–Trinajstić information content (AvgIpc) is 2.32. The number of hydrogen-bond acceptors (Lipinski definition) is 1. The largest absolute Gasteiger partial charge is 0.311 e. The van der Waals surface area contributed by atoms with Gasteiger partial charge >= 0.3 is 0 Å². The molecule has 1 nitrogen and oxygen atoms in total. The molecule has 0 aromatic heterocycles. The quantitative estimate of drug-likeness (QED) is 0.594. The summed E-state index contributed by atoms with van der Waals surface area (Å²) < 4.78 is 0. The SMILES string of the molecule is CCCCCCCC(C)NC1CCCCC1C. The third-order valence-corrected chi connectivity index (χ3v) is 4.35. The smallest absolute Gasteiger partial charge is 0.00951 e. The molecule has 0 bridgehead atoms. The molecule has 1 saturated carbocycles. The van der Waals surface area contributed by atoms with Gasteiger partial charge < -0.3 is 5.32 Å². The molecule has 3 unspecified atom stereocenters. The Bertz CT molecular complexity index is 178. The molecule has 0 aromatic carbocycles. The summed E-state index contributed by atoms with van der Waals surface area (Å²) in [5, 5.41) is 3.86. The maximum absolute atomic E-state index is 3.86. The van der Waals surface area contributed by atoms with Crippen LogP contribution in [0, 0.1) is 5.92 Å². The van der Waals surface area contributed by atoms with E-state index in [1.807, 2.05) is 0 Å². The van der Waals surface area contributed by atoms with E-state index in [0.717, 1.165) is 18.0 Å². The molecule has 0 amide bonds. The van der Waals surface area contributed by atoms with E-state index in [2.05, 4.69) is 26.1 Å². The topological polar surface area (TPSA) is 12.0 Å². The summed E-state index contributed by atoms with van der Waals surface area (Å²) >= 11 is 0. The Kier molecular flexibility index (Phi) is 7.92.